The van der Waals surface area contributed by atoms with Crippen LogP contribution < -0.4 is 0 Å². The molecular weight excluding hydrogens is 132 g/mol. The molecule has 0 aliphatic carbocycles. The summed E-state index contributed by atoms with van der Waals surface area (Å²) in [7, 11) is 0. The molecule has 0 rings (SSSR count). The maximum atomic E-state index is 9.83. The highest BCUT2D eigenvalue weighted by molar-refractivity contribution is 7.99. The molecule has 0 saturated carbocycles. The van der Waals surface area contributed by atoms with E-state index in [4.69, 9.17) is 0 Å². The fourth-order valence-corrected chi connectivity index (χ4v) is 1.35. The topological polar surface area (TPSA) is 17.1 Å². The highest BCUT2D eigenvalue weighted by Gasteiger charge is 1.92. The molecule has 0 unspecified atom stereocenters. The van der Waals surface area contributed by atoms with Crippen LogP contribution >= 0.6 is 11.8 Å². The maximum absolute atomic E-state index is 9.83. The summed E-state index contributed by atoms with van der Waals surface area (Å²) >= 11 is 1.71. The summed E-state index contributed by atoms with van der Waals surface area (Å²) < 4.78 is 0. The van der Waals surface area contributed by atoms with E-state index in [1.165, 1.54) is 6.42 Å². The van der Waals surface area contributed by atoms with Gasteiger partial charge in [-0.05, 0) is 18.1 Å². The molecule has 0 aromatic heterocycles. The van der Waals surface area contributed by atoms with E-state index in [9.17, 15) is 4.79 Å². The van der Waals surface area contributed by atoms with Gasteiger partial charge in [-0.15, -0.1) is 0 Å². The van der Waals surface area contributed by atoms with Crippen molar-refractivity contribution in [3.05, 3.63) is 0 Å². The Kier molecular flexibility index (Phi) is 6.16. The molecular formula is C7H14OS. The molecule has 9 heavy (non-hydrogen) atoms. The van der Waals surface area contributed by atoms with Crippen molar-refractivity contribution in [1.82, 2.24) is 0 Å². The average Bonchev–Trinajstić information content (AvgIpc) is 1.80. The molecule has 0 N–H and O–H groups in total. The molecule has 0 radical (unpaired) electrons. The third-order valence-electron chi connectivity index (χ3n) is 1.03. The number of thioether (sulfide) groups is 1. The molecule has 2 heteroatoms. The van der Waals surface area contributed by atoms with Gasteiger partial charge in [-0.25, -0.2) is 0 Å². The normalized spacial score (nSPS) is 10.1. The number of hydrogen-bond donors (Lipinski definition) is 0. The van der Waals surface area contributed by atoms with E-state index in [1.807, 2.05) is 0 Å². The molecule has 0 aromatic carbocycles. The molecule has 0 bridgehead atoms. The lowest BCUT2D eigenvalue weighted by molar-refractivity contribution is -0.105. The zero-order valence-electron chi connectivity index (χ0n) is 6.09. The Bertz CT molecular complexity index is 71.3. The Morgan fingerprint density at radius 3 is 2.67 bits per heavy atom. The van der Waals surface area contributed by atoms with Crippen LogP contribution in [0, 0.1) is 5.92 Å². The van der Waals surface area contributed by atoms with Crippen molar-refractivity contribution in [1.29, 1.82) is 0 Å². The molecule has 0 amide bonds. The van der Waals surface area contributed by atoms with E-state index in [1.54, 1.807) is 11.8 Å². The van der Waals surface area contributed by atoms with Crippen molar-refractivity contribution in [3.8, 4) is 0 Å². The SMILES string of the molecule is CC(C)CCSCC=O. The fraction of sp³-hybridized carbons (Fsp3) is 0.857. The molecule has 0 aliphatic heterocycles. The Balaban J connectivity index is 2.82. The van der Waals surface area contributed by atoms with Gasteiger partial charge in [0.15, 0.2) is 0 Å². The van der Waals surface area contributed by atoms with Gasteiger partial charge >= 0.3 is 0 Å². The van der Waals surface area contributed by atoms with Gasteiger partial charge in [0.25, 0.3) is 0 Å². The highest BCUT2D eigenvalue weighted by Crippen LogP contribution is 2.06. The molecule has 1 nitrogen and oxygen atoms in total. The van der Waals surface area contributed by atoms with Crippen molar-refractivity contribution >= 4 is 18.0 Å². The van der Waals surface area contributed by atoms with E-state index in [0.29, 0.717) is 5.75 Å². The first-order valence-electron chi connectivity index (χ1n) is 3.28. The second-order valence-corrected chi connectivity index (χ2v) is 3.57. The zero-order valence-corrected chi connectivity index (χ0v) is 6.91. The van der Waals surface area contributed by atoms with Crippen LogP contribution in [0.1, 0.15) is 20.3 Å². The van der Waals surface area contributed by atoms with Gasteiger partial charge in [0, 0.05) is 5.75 Å². The molecule has 54 valence electrons. The Labute approximate surface area is 61.2 Å². The van der Waals surface area contributed by atoms with Crippen molar-refractivity contribution < 1.29 is 4.79 Å². The number of carbonyl (C=O) groups excluding carboxylic acids is 1. The number of rotatable bonds is 5. The van der Waals surface area contributed by atoms with Gasteiger partial charge < -0.3 is 4.79 Å². The summed E-state index contributed by atoms with van der Waals surface area (Å²) in [6.07, 6.45) is 2.18. The predicted molar refractivity (Wildman–Crippen MR) is 42.8 cm³/mol. The van der Waals surface area contributed by atoms with E-state index < -0.39 is 0 Å². The van der Waals surface area contributed by atoms with E-state index in [-0.39, 0.29) is 0 Å². The molecule has 0 fully saturated rings. The van der Waals surface area contributed by atoms with Gasteiger partial charge in [0.1, 0.15) is 6.29 Å². The van der Waals surface area contributed by atoms with Crippen LogP contribution in [0.4, 0.5) is 0 Å². The van der Waals surface area contributed by atoms with Gasteiger partial charge in [0.2, 0.25) is 0 Å². The second kappa shape index (κ2) is 6.14. The number of aldehydes is 1. The summed E-state index contributed by atoms with van der Waals surface area (Å²) in [5.74, 6) is 2.55. The lowest BCUT2D eigenvalue weighted by Crippen LogP contribution is -1.90. The van der Waals surface area contributed by atoms with Crippen LogP contribution in [-0.2, 0) is 4.79 Å². The average molecular weight is 146 g/mol. The van der Waals surface area contributed by atoms with Gasteiger partial charge in [-0.1, -0.05) is 13.8 Å². The van der Waals surface area contributed by atoms with Crippen LogP contribution in [0.15, 0.2) is 0 Å². The minimum absolute atomic E-state index is 0.659. The van der Waals surface area contributed by atoms with Crippen LogP contribution in [0.3, 0.4) is 0 Å². The van der Waals surface area contributed by atoms with Gasteiger partial charge in [-0.3, -0.25) is 0 Å². The van der Waals surface area contributed by atoms with Crippen molar-refractivity contribution in [2.45, 2.75) is 20.3 Å². The van der Waals surface area contributed by atoms with Crippen molar-refractivity contribution in [2.24, 2.45) is 5.92 Å². The summed E-state index contributed by atoms with van der Waals surface area (Å²) in [5, 5.41) is 0. The molecule has 0 spiro atoms. The smallest absolute Gasteiger partial charge is 0.129 e. The minimum Gasteiger partial charge on any atom is -0.302 e. The first kappa shape index (κ1) is 9.02. The largest absolute Gasteiger partial charge is 0.302 e. The van der Waals surface area contributed by atoms with Crippen molar-refractivity contribution in [3.63, 3.8) is 0 Å². The maximum Gasteiger partial charge on any atom is 0.129 e. The predicted octanol–water partition coefficient (Wildman–Crippen LogP) is 1.96. The quantitative estimate of drug-likeness (QED) is 0.435. The summed E-state index contributed by atoms with van der Waals surface area (Å²) in [4.78, 5) is 9.83. The first-order valence-corrected chi connectivity index (χ1v) is 4.44. The van der Waals surface area contributed by atoms with Crippen LogP contribution in [0.5, 0.6) is 0 Å². The number of hydrogen-bond acceptors (Lipinski definition) is 2. The zero-order chi connectivity index (χ0) is 7.11. The summed E-state index contributed by atoms with van der Waals surface area (Å²) in [6, 6.07) is 0. The van der Waals surface area contributed by atoms with Crippen molar-refractivity contribution in [2.75, 3.05) is 11.5 Å². The highest BCUT2D eigenvalue weighted by atomic mass is 32.2. The Morgan fingerprint density at radius 2 is 2.22 bits per heavy atom. The first-order chi connectivity index (χ1) is 4.27. The monoisotopic (exact) mass is 146 g/mol. The van der Waals surface area contributed by atoms with E-state index in [0.717, 1.165) is 18.0 Å². The fourth-order valence-electron chi connectivity index (χ4n) is 0.450. The molecule has 0 aromatic rings. The molecule has 0 aliphatic rings. The van der Waals surface area contributed by atoms with E-state index >= 15 is 0 Å². The lowest BCUT2D eigenvalue weighted by Gasteiger charge is -2.00. The molecule has 0 atom stereocenters. The third-order valence-corrected chi connectivity index (χ3v) is 1.92. The Morgan fingerprint density at radius 1 is 1.56 bits per heavy atom. The molecule has 0 saturated heterocycles. The summed E-state index contributed by atoms with van der Waals surface area (Å²) in [5.41, 5.74) is 0. The third kappa shape index (κ3) is 8.02. The van der Waals surface area contributed by atoms with Gasteiger partial charge in [-0.2, -0.15) is 11.8 Å². The van der Waals surface area contributed by atoms with Crippen LogP contribution in [-0.4, -0.2) is 17.8 Å². The number of carbonyl (C=O) groups is 1. The molecule has 0 heterocycles. The summed E-state index contributed by atoms with van der Waals surface area (Å²) in [6.45, 7) is 4.39. The Hall–Kier alpha value is 0.0200. The van der Waals surface area contributed by atoms with Crippen LogP contribution in [0.25, 0.3) is 0 Å². The standard InChI is InChI=1S/C7H14OS/c1-7(2)3-5-9-6-4-8/h4,7H,3,5-6H2,1-2H3. The lowest BCUT2D eigenvalue weighted by atomic mass is 10.2. The van der Waals surface area contributed by atoms with Gasteiger partial charge in [0.05, 0.1) is 0 Å². The van der Waals surface area contributed by atoms with Crippen LogP contribution in [0.2, 0.25) is 0 Å². The second-order valence-electron chi connectivity index (χ2n) is 2.42. The van der Waals surface area contributed by atoms with E-state index in [2.05, 4.69) is 13.8 Å². The minimum atomic E-state index is 0.659.